The number of carbonyl (C=O) groups excluding carboxylic acids is 2. The highest BCUT2D eigenvalue weighted by molar-refractivity contribution is 6.34. The number of benzene rings is 2. The van der Waals surface area contributed by atoms with E-state index in [2.05, 4.69) is 5.32 Å². The van der Waals surface area contributed by atoms with Gasteiger partial charge in [0.2, 0.25) is 11.8 Å². The number of likely N-dealkylation sites (tertiary alicyclic amines) is 1. The summed E-state index contributed by atoms with van der Waals surface area (Å²) < 4.78 is 52.9. The van der Waals surface area contributed by atoms with Crippen LogP contribution in [-0.4, -0.2) is 30.3 Å². The number of halogens is 5. The first-order valence-electron chi connectivity index (χ1n) is 8.76. The van der Waals surface area contributed by atoms with Crippen LogP contribution in [0.25, 0.3) is 0 Å². The fraction of sp³-hybridized carbons (Fsp3) is 0.300. The van der Waals surface area contributed by atoms with E-state index in [1.807, 2.05) is 0 Å². The minimum absolute atomic E-state index is 0.0134. The zero-order valence-corrected chi connectivity index (χ0v) is 16.0. The van der Waals surface area contributed by atoms with E-state index in [1.54, 1.807) is 0 Å². The maximum absolute atomic E-state index is 13.6. The number of nitrogens with zero attached hydrogens (tertiary/aromatic N) is 1. The van der Waals surface area contributed by atoms with Crippen LogP contribution in [0, 0.1) is 11.7 Å². The molecular formula is C20H17ClF4N2O2. The molecule has 0 aromatic heterocycles. The van der Waals surface area contributed by atoms with Crippen LogP contribution in [0.3, 0.4) is 0 Å². The minimum atomic E-state index is -4.54. The molecule has 154 valence electrons. The summed E-state index contributed by atoms with van der Waals surface area (Å²) in [6, 6.07) is 8.44. The second-order valence-corrected chi connectivity index (χ2v) is 7.22. The van der Waals surface area contributed by atoms with Crippen LogP contribution in [0.5, 0.6) is 0 Å². The summed E-state index contributed by atoms with van der Waals surface area (Å²) in [7, 11) is 1.51. The summed E-state index contributed by atoms with van der Waals surface area (Å²) in [5.74, 6) is -4.05. The van der Waals surface area contributed by atoms with E-state index in [9.17, 15) is 27.2 Å². The zero-order valence-electron chi connectivity index (χ0n) is 15.3. The molecule has 1 aliphatic heterocycles. The molecule has 0 aliphatic carbocycles. The van der Waals surface area contributed by atoms with Gasteiger partial charge in [0.05, 0.1) is 16.3 Å². The van der Waals surface area contributed by atoms with Crippen LogP contribution < -0.4 is 5.32 Å². The molecule has 1 N–H and O–H groups in total. The van der Waals surface area contributed by atoms with Crippen molar-refractivity contribution in [2.45, 2.75) is 18.5 Å². The molecule has 2 aromatic rings. The van der Waals surface area contributed by atoms with Crippen molar-refractivity contribution in [1.29, 1.82) is 0 Å². The topological polar surface area (TPSA) is 49.4 Å². The molecule has 9 heteroatoms. The Hall–Kier alpha value is -2.61. The average Bonchev–Trinajstić information content (AvgIpc) is 2.66. The average molecular weight is 429 g/mol. The Kier molecular flexibility index (Phi) is 5.84. The van der Waals surface area contributed by atoms with Gasteiger partial charge in [-0.15, -0.1) is 0 Å². The standard InChI is InChI=1S/C20H17ClF4N2O2/c1-27-9-8-13(11-4-2-5-12(10-11)20(23,24)25)16(19(27)29)18(28)26-15-7-3-6-14(22)17(15)21/h2-7,10,13,16H,8-9H2,1H3,(H,26,28)/t13-,16+/m1/s1. The highest BCUT2D eigenvalue weighted by Crippen LogP contribution is 2.38. The molecule has 29 heavy (non-hydrogen) atoms. The number of anilines is 1. The first-order valence-corrected chi connectivity index (χ1v) is 9.14. The maximum atomic E-state index is 13.6. The lowest BCUT2D eigenvalue weighted by molar-refractivity contribution is -0.143. The quantitative estimate of drug-likeness (QED) is 0.569. The van der Waals surface area contributed by atoms with Crippen LogP contribution in [0.4, 0.5) is 23.2 Å². The fourth-order valence-electron chi connectivity index (χ4n) is 3.43. The number of amides is 2. The van der Waals surface area contributed by atoms with Crippen molar-refractivity contribution >= 4 is 29.1 Å². The predicted molar refractivity (Wildman–Crippen MR) is 100.0 cm³/mol. The van der Waals surface area contributed by atoms with Crippen molar-refractivity contribution in [2.24, 2.45) is 5.92 Å². The molecule has 1 aliphatic rings. The van der Waals surface area contributed by atoms with Gasteiger partial charge in [0.25, 0.3) is 0 Å². The van der Waals surface area contributed by atoms with Gasteiger partial charge < -0.3 is 10.2 Å². The van der Waals surface area contributed by atoms with Crippen molar-refractivity contribution in [3.63, 3.8) is 0 Å². The Morgan fingerprint density at radius 2 is 1.90 bits per heavy atom. The fourth-order valence-corrected chi connectivity index (χ4v) is 3.60. The Morgan fingerprint density at radius 3 is 2.59 bits per heavy atom. The van der Waals surface area contributed by atoms with Crippen molar-refractivity contribution in [3.05, 3.63) is 64.4 Å². The third-order valence-corrected chi connectivity index (χ3v) is 5.34. The van der Waals surface area contributed by atoms with Crippen LogP contribution in [-0.2, 0) is 15.8 Å². The van der Waals surface area contributed by atoms with Gasteiger partial charge in [0.15, 0.2) is 0 Å². The van der Waals surface area contributed by atoms with Gasteiger partial charge in [-0.3, -0.25) is 9.59 Å². The molecule has 2 amide bonds. The van der Waals surface area contributed by atoms with E-state index in [-0.39, 0.29) is 16.3 Å². The van der Waals surface area contributed by atoms with Crippen molar-refractivity contribution < 1.29 is 27.2 Å². The Labute approximate surface area is 169 Å². The number of alkyl halides is 3. The number of rotatable bonds is 3. The van der Waals surface area contributed by atoms with Crippen LogP contribution in [0.1, 0.15) is 23.5 Å². The first kappa shape index (κ1) is 21.1. The van der Waals surface area contributed by atoms with Crippen LogP contribution in [0.2, 0.25) is 5.02 Å². The van der Waals surface area contributed by atoms with E-state index in [0.29, 0.717) is 13.0 Å². The van der Waals surface area contributed by atoms with Crippen molar-refractivity contribution in [1.82, 2.24) is 4.90 Å². The molecule has 2 aromatic carbocycles. The van der Waals surface area contributed by atoms with Gasteiger partial charge >= 0.3 is 6.18 Å². The molecule has 0 spiro atoms. The van der Waals surface area contributed by atoms with E-state index in [1.165, 1.54) is 36.2 Å². The molecule has 4 nitrogen and oxygen atoms in total. The SMILES string of the molecule is CN1CC[C@H](c2cccc(C(F)(F)F)c2)[C@@H](C(=O)Nc2cccc(F)c2Cl)C1=O. The maximum Gasteiger partial charge on any atom is 0.416 e. The lowest BCUT2D eigenvalue weighted by atomic mass is 9.79. The number of hydrogen-bond acceptors (Lipinski definition) is 2. The lowest BCUT2D eigenvalue weighted by Gasteiger charge is -2.35. The summed E-state index contributed by atoms with van der Waals surface area (Å²) >= 11 is 5.86. The number of nitrogens with one attached hydrogen (secondary N) is 1. The molecule has 0 radical (unpaired) electrons. The lowest BCUT2D eigenvalue weighted by Crippen LogP contribution is -2.47. The van der Waals surface area contributed by atoms with Gasteiger partial charge in [-0.2, -0.15) is 13.2 Å². The third kappa shape index (κ3) is 4.37. The van der Waals surface area contributed by atoms with E-state index in [4.69, 9.17) is 11.6 Å². The number of carbonyl (C=O) groups is 2. The Balaban J connectivity index is 1.95. The highest BCUT2D eigenvalue weighted by atomic mass is 35.5. The largest absolute Gasteiger partial charge is 0.416 e. The molecule has 0 unspecified atom stereocenters. The molecular weight excluding hydrogens is 412 g/mol. The molecule has 2 atom stereocenters. The minimum Gasteiger partial charge on any atom is -0.345 e. The zero-order chi connectivity index (χ0) is 21.3. The van der Waals surface area contributed by atoms with Crippen molar-refractivity contribution in [2.75, 3.05) is 18.9 Å². The summed E-state index contributed by atoms with van der Waals surface area (Å²) in [5.41, 5.74) is -0.624. The highest BCUT2D eigenvalue weighted by Gasteiger charge is 2.42. The monoisotopic (exact) mass is 428 g/mol. The molecule has 1 heterocycles. The predicted octanol–water partition coefficient (Wildman–Crippen LogP) is 4.70. The van der Waals surface area contributed by atoms with E-state index in [0.717, 1.165) is 18.2 Å². The second-order valence-electron chi connectivity index (χ2n) is 6.85. The Bertz CT molecular complexity index is 948. The number of piperidine rings is 1. The van der Waals surface area contributed by atoms with Gasteiger partial charge in [-0.1, -0.05) is 35.9 Å². The van der Waals surface area contributed by atoms with Gasteiger partial charge in [-0.05, 0) is 30.2 Å². The molecule has 0 saturated carbocycles. The molecule has 0 bridgehead atoms. The summed E-state index contributed by atoms with van der Waals surface area (Å²) in [6.07, 6.45) is -4.24. The summed E-state index contributed by atoms with van der Waals surface area (Å²) in [4.78, 5) is 26.9. The third-order valence-electron chi connectivity index (χ3n) is 4.95. The number of hydrogen-bond donors (Lipinski definition) is 1. The molecule has 1 saturated heterocycles. The normalized spacial score (nSPS) is 19.9. The van der Waals surface area contributed by atoms with Gasteiger partial charge in [0.1, 0.15) is 11.7 Å². The van der Waals surface area contributed by atoms with Crippen LogP contribution >= 0.6 is 11.6 Å². The molecule has 3 rings (SSSR count). The Morgan fingerprint density at radius 1 is 1.21 bits per heavy atom. The first-order chi connectivity index (χ1) is 13.6. The van der Waals surface area contributed by atoms with E-state index >= 15 is 0 Å². The summed E-state index contributed by atoms with van der Waals surface area (Å²) in [6.45, 7) is 0.296. The van der Waals surface area contributed by atoms with Gasteiger partial charge in [-0.25, -0.2) is 4.39 Å². The van der Waals surface area contributed by atoms with Crippen molar-refractivity contribution in [3.8, 4) is 0 Å². The second kappa shape index (κ2) is 8.02. The van der Waals surface area contributed by atoms with Crippen LogP contribution in [0.15, 0.2) is 42.5 Å². The summed E-state index contributed by atoms with van der Waals surface area (Å²) in [5, 5.41) is 2.12. The molecule has 1 fully saturated rings. The van der Waals surface area contributed by atoms with Gasteiger partial charge in [0, 0.05) is 19.5 Å². The smallest absolute Gasteiger partial charge is 0.345 e. The van der Waals surface area contributed by atoms with E-state index < -0.39 is 41.2 Å².